The first kappa shape index (κ1) is 17.8. The van der Waals surface area contributed by atoms with E-state index in [-0.39, 0.29) is 0 Å². The molecule has 1 aromatic heterocycles. The fourth-order valence-electron chi connectivity index (χ4n) is 2.32. The Hall–Kier alpha value is -2.99. The van der Waals surface area contributed by atoms with Gasteiger partial charge in [0.25, 0.3) is 0 Å². The van der Waals surface area contributed by atoms with E-state index in [4.69, 9.17) is 26.8 Å². The van der Waals surface area contributed by atoms with Crippen LogP contribution in [0.25, 0.3) is 0 Å². The van der Waals surface area contributed by atoms with Gasteiger partial charge in [-0.2, -0.15) is 4.98 Å². The highest BCUT2D eigenvalue weighted by atomic mass is 35.5. The minimum atomic E-state index is 0.291. The summed E-state index contributed by atoms with van der Waals surface area (Å²) in [7, 11) is 1.64. The van der Waals surface area contributed by atoms with Crippen molar-refractivity contribution in [3.05, 3.63) is 64.9 Å². The van der Waals surface area contributed by atoms with Gasteiger partial charge in [-0.15, -0.1) is 0 Å². The van der Waals surface area contributed by atoms with Crippen LogP contribution in [0.1, 0.15) is 11.1 Å². The van der Waals surface area contributed by atoms with Crippen molar-refractivity contribution in [1.29, 1.82) is 0 Å². The lowest BCUT2D eigenvalue weighted by atomic mass is 10.2. The molecule has 2 aromatic carbocycles. The summed E-state index contributed by atoms with van der Waals surface area (Å²) in [4.78, 5) is 8.30. The largest absolute Gasteiger partial charge is 0.497 e. The summed E-state index contributed by atoms with van der Waals surface area (Å²) in [5.74, 6) is 2.22. The highest BCUT2D eigenvalue weighted by Gasteiger charge is 2.11. The van der Waals surface area contributed by atoms with Crippen LogP contribution in [0.15, 0.2) is 48.8 Å². The minimum absolute atomic E-state index is 0.291. The fraction of sp³-hybridized carbons (Fsp3) is 0.158. The van der Waals surface area contributed by atoms with Gasteiger partial charge in [0.15, 0.2) is 5.82 Å². The molecule has 26 heavy (non-hydrogen) atoms. The molecule has 0 spiro atoms. The predicted molar refractivity (Wildman–Crippen MR) is 103 cm³/mol. The van der Waals surface area contributed by atoms with E-state index in [0.29, 0.717) is 34.7 Å². The van der Waals surface area contributed by atoms with Crippen molar-refractivity contribution in [3.63, 3.8) is 0 Å². The number of hydrogen-bond donors (Lipinski definition) is 2. The molecule has 0 aliphatic rings. The molecule has 1 heterocycles. The van der Waals surface area contributed by atoms with Crippen LogP contribution in [0.2, 0.25) is 5.02 Å². The Morgan fingerprint density at radius 2 is 1.81 bits per heavy atom. The molecular weight excluding hydrogens is 352 g/mol. The van der Waals surface area contributed by atoms with Crippen LogP contribution in [-0.4, -0.2) is 17.1 Å². The number of hydrogen-bond acceptors (Lipinski definition) is 6. The van der Waals surface area contributed by atoms with Crippen molar-refractivity contribution < 1.29 is 9.47 Å². The number of aromatic nitrogens is 2. The maximum absolute atomic E-state index is 6.15. The predicted octanol–water partition coefficient (Wildman–Crippen LogP) is 4.43. The average Bonchev–Trinajstić information content (AvgIpc) is 2.66. The lowest BCUT2D eigenvalue weighted by molar-refractivity contribution is 0.414. The molecule has 3 aromatic rings. The number of nitrogens with zero attached hydrogens (tertiary/aromatic N) is 2. The lowest BCUT2D eigenvalue weighted by Gasteiger charge is -2.12. The standard InChI is InChI=1S/C19H19ClN4O2/c1-12-9-15(7-8-16(12)20)26-19-17(21)18(23-11-24-19)22-10-13-3-5-14(25-2)6-4-13/h3-9,11H,10,21H2,1-2H3,(H,22,23,24). The van der Waals surface area contributed by atoms with Crippen LogP contribution in [-0.2, 0) is 6.54 Å². The first-order valence-electron chi connectivity index (χ1n) is 7.98. The first-order valence-corrected chi connectivity index (χ1v) is 8.36. The van der Waals surface area contributed by atoms with Gasteiger partial charge in [-0.25, -0.2) is 4.98 Å². The first-order chi connectivity index (χ1) is 12.6. The van der Waals surface area contributed by atoms with Gasteiger partial charge in [0, 0.05) is 11.6 Å². The van der Waals surface area contributed by atoms with E-state index in [0.717, 1.165) is 16.9 Å². The van der Waals surface area contributed by atoms with Crippen LogP contribution < -0.4 is 20.5 Å². The Kier molecular flexibility index (Phi) is 5.43. The maximum Gasteiger partial charge on any atom is 0.248 e. The number of halogens is 1. The number of nitrogens with two attached hydrogens (primary N) is 1. The highest BCUT2D eigenvalue weighted by Crippen LogP contribution is 2.31. The molecule has 134 valence electrons. The molecule has 0 amide bonds. The van der Waals surface area contributed by atoms with Crippen molar-refractivity contribution in [2.75, 3.05) is 18.2 Å². The van der Waals surface area contributed by atoms with Crippen LogP contribution in [0.4, 0.5) is 11.5 Å². The second-order valence-electron chi connectivity index (χ2n) is 5.66. The van der Waals surface area contributed by atoms with Gasteiger partial charge >= 0.3 is 0 Å². The Labute approximate surface area is 156 Å². The van der Waals surface area contributed by atoms with Gasteiger partial charge in [0.2, 0.25) is 5.88 Å². The number of aryl methyl sites for hydroxylation is 1. The molecule has 0 aliphatic heterocycles. The van der Waals surface area contributed by atoms with E-state index < -0.39 is 0 Å². The van der Waals surface area contributed by atoms with Gasteiger partial charge in [-0.1, -0.05) is 23.7 Å². The Morgan fingerprint density at radius 1 is 1.08 bits per heavy atom. The minimum Gasteiger partial charge on any atom is -0.497 e. The normalized spacial score (nSPS) is 10.4. The third-order valence-electron chi connectivity index (χ3n) is 3.81. The molecule has 0 atom stereocenters. The molecule has 0 fully saturated rings. The van der Waals surface area contributed by atoms with Crippen LogP contribution in [0.5, 0.6) is 17.4 Å². The molecular formula is C19H19ClN4O2. The average molecular weight is 371 g/mol. The number of rotatable bonds is 6. The van der Waals surface area contributed by atoms with Crippen molar-refractivity contribution in [1.82, 2.24) is 9.97 Å². The van der Waals surface area contributed by atoms with Gasteiger partial charge in [0.1, 0.15) is 23.5 Å². The van der Waals surface area contributed by atoms with Crippen LogP contribution in [0, 0.1) is 6.92 Å². The molecule has 0 saturated heterocycles. The Bertz CT molecular complexity index is 901. The number of nitrogen functional groups attached to an aromatic ring is 1. The van der Waals surface area contributed by atoms with E-state index >= 15 is 0 Å². The molecule has 3 N–H and O–H groups in total. The Balaban J connectivity index is 1.72. The molecule has 0 unspecified atom stereocenters. The number of methoxy groups -OCH3 is 1. The zero-order valence-electron chi connectivity index (χ0n) is 14.5. The molecule has 6 nitrogen and oxygen atoms in total. The molecule has 0 bridgehead atoms. The third-order valence-corrected chi connectivity index (χ3v) is 4.23. The van der Waals surface area contributed by atoms with E-state index in [2.05, 4.69) is 15.3 Å². The van der Waals surface area contributed by atoms with Crippen LogP contribution in [0.3, 0.4) is 0 Å². The molecule has 3 rings (SSSR count). The van der Waals surface area contributed by atoms with E-state index in [9.17, 15) is 0 Å². The third kappa shape index (κ3) is 4.15. The molecule has 0 aliphatic carbocycles. The molecule has 0 radical (unpaired) electrons. The van der Waals surface area contributed by atoms with Crippen molar-refractivity contribution in [3.8, 4) is 17.4 Å². The molecule has 7 heteroatoms. The lowest BCUT2D eigenvalue weighted by Crippen LogP contribution is -2.06. The van der Waals surface area contributed by atoms with Gasteiger partial charge in [-0.3, -0.25) is 0 Å². The number of nitrogens with one attached hydrogen (secondary N) is 1. The van der Waals surface area contributed by atoms with Crippen molar-refractivity contribution in [2.24, 2.45) is 0 Å². The summed E-state index contributed by atoms with van der Waals surface area (Å²) in [6.07, 6.45) is 1.41. The number of anilines is 2. The van der Waals surface area contributed by atoms with Crippen molar-refractivity contribution in [2.45, 2.75) is 13.5 Å². The maximum atomic E-state index is 6.15. The summed E-state index contributed by atoms with van der Waals surface area (Å²) in [5, 5.41) is 3.87. The van der Waals surface area contributed by atoms with Crippen molar-refractivity contribution >= 4 is 23.1 Å². The summed E-state index contributed by atoms with van der Waals surface area (Å²) in [6.45, 7) is 2.46. The summed E-state index contributed by atoms with van der Waals surface area (Å²) in [5.41, 5.74) is 8.47. The zero-order chi connectivity index (χ0) is 18.5. The molecule has 0 saturated carbocycles. The van der Waals surface area contributed by atoms with E-state index in [1.807, 2.05) is 37.3 Å². The quantitative estimate of drug-likeness (QED) is 0.667. The Morgan fingerprint density at radius 3 is 2.50 bits per heavy atom. The number of ether oxygens (including phenoxy) is 2. The topological polar surface area (TPSA) is 82.3 Å². The number of benzene rings is 2. The van der Waals surface area contributed by atoms with Crippen LogP contribution >= 0.6 is 11.6 Å². The fourth-order valence-corrected chi connectivity index (χ4v) is 2.44. The smallest absolute Gasteiger partial charge is 0.248 e. The SMILES string of the molecule is COc1ccc(CNc2ncnc(Oc3ccc(Cl)c(C)c3)c2N)cc1. The van der Waals surface area contributed by atoms with Gasteiger partial charge in [-0.05, 0) is 48.4 Å². The van der Waals surface area contributed by atoms with E-state index in [1.54, 1.807) is 19.2 Å². The summed E-state index contributed by atoms with van der Waals surface area (Å²) < 4.78 is 10.9. The van der Waals surface area contributed by atoms with Gasteiger partial charge in [0.05, 0.1) is 7.11 Å². The highest BCUT2D eigenvalue weighted by molar-refractivity contribution is 6.31. The zero-order valence-corrected chi connectivity index (χ0v) is 15.2. The second-order valence-corrected chi connectivity index (χ2v) is 6.06. The summed E-state index contributed by atoms with van der Waals surface area (Å²) in [6, 6.07) is 13.1. The monoisotopic (exact) mass is 370 g/mol. The summed E-state index contributed by atoms with van der Waals surface area (Å²) >= 11 is 6.03. The van der Waals surface area contributed by atoms with E-state index in [1.165, 1.54) is 6.33 Å². The van der Waals surface area contributed by atoms with Gasteiger partial charge < -0.3 is 20.5 Å². The second kappa shape index (κ2) is 7.93.